The van der Waals surface area contributed by atoms with Crippen molar-refractivity contribution in [2.24, 2.45) is 4.99 Å². The minimum absolute atomic E-state index is 0.149. The summed E-state index contributed by atoms with van der Waals surface area (Å²) in [6.07, 6.45) is 6.50. The van der Waals surface area contributed by atoms with Crippen molar-refractivity contribution in [2.75, 3.05) is 12.5 Å². The van der Waals surface area contributed by atoms with E-state index in [1.807, 2.05) is 18.2 Å². The van der Waals surface area contributed by atoms with Crippen LogP contribution in [-0.2, 0) is 0 Å². The first-order valence-corrected chi connectivity index (χ1v) is 9.39. The zero-order valence-electron chi connectivity index (χ0n) is 14.6. The zero-order chi connectivity index (χ0) is 19.7. The number of thiazole rings is 1. The zero-order valence-corrected chi connectivity index (χ0v) is 16.3. The highest BCUT2D eigenvalue weighted by molar-refractivity contribution is 7.73. The van der Waals surface area contributed by atoms with Crippen molar-refractivity contribution in [1.29, 1.82) is 0 Å². The van der Waals surface area contributed by atoms with Crippen molar-refractivity contribution in [3.8, 4) is 11.6 Å². The third-order valence-electron chi connectivity index (χ3n) is 4.09. The van der Waals surface area contributed by atoms with Gasteiger partial charge in [-0.15, -0.1) is 0 Å². The number of hydrogen-bond acceptors (Lipinski definition) is 7. The maximum atomic E-state index is 12.3. The molecule has 4 rings (SSSR count). The summed E-state index contributed by atoms with van der Waals surface area (Å²) >= 11 is 6.47. The van der Waals surface area contributed by atoms with Crippen LogP contribution in [0.5, 0.6) is 11.6 Å². The molecule has 1 amide bonds. The van der Waals surface area contributed by atoms with E-state index in [1.54, 1.807) is 37.7 Å². The second kappa shape index (κ2) is 7.37. The van der Waals surface area contributed by atoms with E-state index in [9.17, 15) is 9.90 Å². The van der Waals surface area contributed by atoms with Crippen molar-refractivity contribution >= 4 is 53.0 Å². The van der Waals surface area contributed by atoms with Gasteiger partial charge in [-0.1, -0.05) is 11.3 Å². The minimum Gasteiger partial charge on any atom is -0.497 e. The van der Waals surface area contributed by atoms with Crippen molar-refractivity contribution in [1.82, 2.24) is 9.66 Å². The summed E-state index contributed by atoms with van der Waals surface area (Å²) in [5.74, 6) is 0.145. The number of methoxy groups -OCH3 is 1. The van der Waals surface area contributed by atoms with Crippen LogP contribution in [-0.4, -0.2) is 34.0 Å². The Kier molecular flexibility index (Phi) is 4.76. The Morgan fingerprint density at radius 1 is 1.39 bits per heavy atom. The van der Waals surface area contributed by atoms with Crippen LogP contribution in [0.2, 0.25) is 0 Å². The lowest BCUT2D eigenvalue weighted by atomic mass is 10.1. The monoisotopic (exact) mass is 410 g/mol. The molecule has 3 aromatic rings. The molecular weight excluding hydrogens is 396 g/mol. The molecular formula is C19H14N4O3S2. The largest absolute Gasteiger partial charge is 0.497 e. The number of hydrogen-bond donors (Lipinski definition) is 2. The Bertz CT molecular complexity index is 1180. The summed E-state index contributed by atoms with van der Waals surface area (Å²) in [4.78, 5) is 21.1. The number of aliphatic imine (C=N–C) groups is 1. The number of aromatic hydroxyl groups is 1. The average Bonchev–Trinajstić information content (AvgIpc) is 3.24. The molecule has 0 spiro atoms. The molecule has 28 heavy (non-hydrogen) atoms. The van der Waals surface area contributed by atoms with Crippen molar-refractivity contribution in [3.05, 3.63) is 62.7 Å². The number of nitrogens with one attached hydrogen (secondary N) is 1. The molecule has 2 N–H and O–H groups in total. The molecule has 2 aromatic heterocycles. The number of fused-ring (bicyclic) bond motifs is 1. The molecule has 0 fully saturated rings. The molecule has 0 unspecified atom stereocenters. The quantitative estimate of drug-likeness (QED) is 0.634. The summed E-state index contributed by atoms with van der Waals surface area (Å²) in [6, 6.07) is 8.86. The van der Waals surface area contributed by atoms with Crippen molar-refractivity contribution in [3.63, 3.8) is 0 Å². The van der Waals surface area contributed by atoms with Gasteiger partial charge in [0.15, 0.2) is 3.95 Å². The number of aromatic nitrogens is 2. The summed E-state index contributed by atoms with van der Waals surface area (Å²) in [5.41, 5.74) is 5.47. The van der Waals surface area contributed by atoms with E-state index in [1.165, 1.54) is 22.2 Å². The van der Waals surface area contributed by atoms with Gasteiger partial charge < -0.3 is 9.84 Å². The number of allylic oxidation sites excluding steroid dienone is 1. The highest BCUT2D eigenvalue weighted by Gasteiger charge is 2.18. The number of benzene rings is 1. The van der Waals surface area contributed by atoms with E-state index in [4.69, 9.17) is 17.0 Å². The first kappa shape index (κ1) is 18.1. The van der Waals surface area contributed by atoms with Gasteiger partial charge in [0.1, 0.15) is 5.75 Å². The highest BCUT2D eigenvalue weighted by Crippen LogP contribution is 2.37. The van der Waals surface area contributed by atoms with Gasteiger partial charge in [-0.2, -0.15) is 4.68 Å². The number of ether oxygens (including phenoxy) is 1. The number of rotatable bonds is 4. The molecule has 0 atom stereocenters. The SMILES string of the molecule is COc1ccc2c(c1)C(=Cc1sc(=S)n(NC(=O)c3cccnc3)c1O)C=N2. The van der Waals surface area contributed by atoms with E-state index in [-0.39, 0.29) is 5.88 Å². The van der Waals surface area contributed by atoms with Crippen LogP contribution >= 0.6 is 23.6 Å². The summed E-state index contributed by atoms with van der Waals surface area (Å²) in [6.45, 7) is 0. The molecule has 0 saturated carbocycles. The number of nitrogens with zero attached hydrogens (tertiary/aromatic N) is 3. The third-order valence-corrected chi connectivity index (χ3v) is 5.40. The predicted molar refractivity (Wildman–Crippen MR) is 112 cm³/mol. The molecule has 1 aromatic carbocycles. The molecule has 0 radical (unpaired) electrons. The summed E-state index contributed by atoms with van der Waals surface area (Å²) in [5, 5.41) is 10.6. The van der Waals surface area contributed by atoms with E-state index in [0.717, 1.165) is 16.8 Å². The minimum atomic E-state index is -0.422. The van der Waals surface area contributed by atoms with E-state index < -0.39 is 5.91 Å². The molecule has 0 saturated heterocycles. The van der Waals surface area contributed by atoms with Crippen LogP contribution in [0, 0.1) is 3.95 Å². The third kappa shape index (κ3) is 3.32. The van der Waals surface area contributed by atoms with E-state index >= 15 is 0 Å². The van der Waals surface area contributed by atoms with Crippen LogP contribution in [0.25, 0.3) is 11.6 Å². The molecule has 0 aliphatic carbocycles. The lowest BCUT2D eigenvalue weighted by molar-refractivity contribution is 0.100. The van der Waals surface area contributed by atoms with Gasteiger partial charge in [0, 0.05) is 29.7 Å². The first-order chi connectivity index (χ1) is 13.6. The smallest absolute Gasteiger partial charge is 0.271 e. The molecule has 7 nitrogen and oxygen atoms in total. The molecule has 1 aliphatic heterocycles. The van der Waals surface area contributed by atoms with Crippen LogP contribution < -0.4 is 10.2 Å². The Hall–Kier alpha value is -3.30. The number of amides is 1. The Morgan fingerprint density at radius 3 is 3.00 bits per heavy atom. The second-order valence-corrected chi connectivity index (χ2v) is 7.49. The highest BCUT2D eigenvalue weighted by atomic mass is 32.1. The lowest BCUT2D eigenvalue weighted by Crippen LogP contribution is -2.22. The van der Waals surface area contributed by atoms with E-state index in [0.29, 0.717) is 20.1 Å². The average molecular weight is 410 g/mol. The molecule has 140 valence electrons. The van der Waals surface area contributed by atoms with Gasteiger partial charge in [0.2, 0.25) is 5.88 Å². The predicted octanol–water partition coefficient (Wildman–Crippen LogP) is 4.03. The fourth-order valence-corrected chi connectivity index (χ4v) is 3.87. The summed E-state index contributed by atoms with van der Waals surface area (Å²) in [7, 11) is 1.60. The molecule has 0 bridgehead atoms. The Balaban J connectivity index is 1.66. The summed E-state index contributed by atoms with van der Waals surface area (Å²) < 4.78 is 6.76. The normalized spacial score (nSPS) is 13.5. The lowest BCUT2D eigenvalue weighted by Gasteiger charge is -2.07. The van der Waals surface area contributed by atoms with Gasteiger partial charge in [0.05, 0.1) is 23.2 Å². The Labute approximate surface area is 169 Å². The Morgan fingerprint density at radius 2 is 2.25 bits per heavy atom. The number of carbonyl (C=O) groups excluding carboxylic acids is 1. The number of pyridine rings is 1. The fraction of sp³-hybridized carbons (Fsp3) is 0.0526. The standard InChI is InChI=1S/C19H14N4O3S2/c1-26-13-4-5-15-14(8-13)12(10-21-15)7-16-18(25)23(19(27)28-16)22-17(24)11-3-2-6-20-9-11/h2-10,25H,1H3,(H,22,24). The van der Waals surface area contributed by atoms with Crippen molar-refractivity contribution < 1.29 is 14.6 Å². The topological polar surface area (TPSA) is 88.7 Å². The fourth-order valence-electron chi connectivity index (χ4n) is 2.69. The van der Waals surface area contributed by atoms with Gasteiger partial charge in [-0.3, -0.25) is 20.2 Å². The maximum absolute atomic E-state index is 12.3. The van der Waals surface area contributed by atoms with Gasteiger partial charge in [0.25, 0.3) is 5.91 Å². The van der Waals surface area contributed by atoms with Crippen LogP contribution in [0.3, 0.4) is 0 Å². The molecule has 9 heteroatoms. The number of carbonyl (C=O) groups is 1. The maximum Gasteiger partial charge on any atom is 0.271 e. The van der Waals surface area contributed by atoms with Crippen LogP contribution in [0.4, 0.5) is 5.69 Å². The van der Waals surface area contributed by atoms with Gasteiger partial charge >= 0.3 is 0 Å². The first-order valence-electron chi connectivity index (χ1n) is 8.17. The van der Waals surface area contributed by atoms with Gasteiger partial charge in [-0.05, 0) is 48.6 Å². The van der Waals surface area contributed by atoms with Crippen molar-refractivity contribution in [2.45, 2.75) is 0 Å². The molecule has 1 aliphatic rings. The van der Waals surface area contributed by atoms with E-state index in [2.05, 4.69) is 15.4 Å². The molecule has 3 heterocycles. The van der Waals surface area contributed by atoms with Crippen LogP contribution in [0.1, 0.15) is 20.8 Å². The van der Waals surface area contributed by atoms with Gasteiger partial charge in [-0.25, -0.2) is 0 Å². The second-order valence-electron chi connectivity index (χ2n) is 5.81. The van der Waals surface area contributed by atoms with Crippen LogP contribution in [0.15, 0.2) is 47.7 Å².